The minimum absolute atomic E-state index is 0.0125. The van der Waals surface area contributed by atoms with Crippen LogP contribution in [-0.2, 0) is 29.6 Å². The SMILES string of the molecule is CCCCCCCCCCCCCCCC(=O)CC(O)C1OC(=O)C2=C1OC(C)(c1cc(O)ccc1O)O2. The number of aliphatic hydroxyl groups is 1. The van der Waals surface area contributed by atoms with Crippen molar-refractivity contribution in [2.24, 2.45) is 0 Å². The maximum Gasteiger partial charge on any atom is 0.378 e. The minimum atomic E-state index is -1.59. The van der Waals surface area contributed by atoms with E-state index in [1.165, 1.54) is 89.3 Å². The third kappa shape index (κ3) is 8.13. The number of carbonyl (C=O) groups is 2. The molecule has 2 aliphatic heterocycles. The number of esters is 1. The predicted molar refractivity (Wildman–Crippen MR) is 142 cm³/mol. The summed E-state index contributed by atoms with van der Waals surface area (Å²) in [6.45, 7) is 3.72. The van der Waals surface area contributed by atoms with Gasteiger partial charge in [-0.3, -0.25) is 4.79 Å². The quantitative estimate of drug-likeness (QED) is 0.115. The number of rotatable bonds is 18. The summed E-state index contributed by atoms with van der Waals surface area (Å²) in [6, 6.07) is 3.86. The largest absolute Gasteiger partial charge is 0.508 e. The predicted octanol–water partition coefficient (Wildman–Crippen LogP) is 6.26. The summed E-state index contributed by atoms with van der Waals surface area (Å²) in [5.41, 5.74) is 0.117. The number of phenolic OH excluding ortho intramolecular Hbond substituents is 2. The first kappa shape index (κ1) is 29.8. The highest BCUT2D eigenvalue weighted by atomic mass is 16.8. The van der Waals surface area contributed by atoms with Crippen molar-refractivity contribution in [1.29, 1.82) is 0 Å². The molecule has 3 rings (SSSR count). The summed E-state index contributed by atoms with van der Waals surface area (Å²) in [4.78, 5) is 24.8. The van der Waals surface area contributed by atoms with Crippen LogP contribution >= 0.6 is 0 Å². The van der Waals surface area contributed by atoms with Crippen LogP contribution in [0.15, 0.2) is 29.7 Å². The van der Waals surface area contributed by atoms with Crippen molar-refractivity contribution in [3.63, 3.8) is 0 Å². The van der Waals surface area contributed by atoms with Crippen LogP contribution in [0.2, 0.25) is 0 Å². The molecule has 3 N–H and O–H groups in total. The van der Waals surface area contributed by atoms with E-state index in [2.05, 4.69) is 6.92 Å². The Balaban J connectivity index is 1.33. The standard InChI is InChI=1S/C30H44O8/c1-3-4-5-6-7-8-9-10-11-12-13-14-15-16-21(31)20-25(34)26-27-28(29(35)36-26)38-30(2,37-27)23-19-22(32)17-18-24(23)33/h17-19,25-26,32-34H,3-16,20H2,1-2H3. The lowest BCUT2D eigenvalue weighted by molar-refractivity contribution is -0.188. The maximum atomic E-state index is 12.5. The van der Waals surface area contributed by atoms with Crippen LogP contribution in [0, 0.1) is 0 Å². The number of hydrogen-bond acceptors (Lipinski definition) is 8. The number of ether oxygens (including phenoxy) is 3. The molecule has 0 aliphatic carbocycles. The number of benzene rings is 1. The lowest BCUT2D eigenvalue weighted by Crippen LogP contribution is -2.35. The molecule has 3 unspecified atom stereocenters. The molecule has 1 aromatic rings. The average Bonchev–Trinajstić information content (AvgIpc) is 3.38. The molecule has 0 saturated heterocycles. The van der Waals surface area contributed by atoms with Crippen LogP contribution in [0.1, 0.15) is 116 Å². The first-order valence-electron chi connectivity index (χ1n) is 14.3. The number of carbonyl (C=O) groups excluding carboxylic acids is 2. The fourth-order valence-corrected chi connectivity index (χ4v) is 5.11. The molecule has 0 amide bonds. The van der Waals surface area contributed by atoms with Crippen LogP contribution in [0.4, 0.5) is 0 Å². The van der Waals surface area contributed by atoms with E-state index in [9.17, 15) is 24.9 Å². The van der Waals surface area contributed by atoms with Gasteiger partial charge in [-0.05, 0) is 24.6 Å². The Kier molecular flexibility index (Phi) is 11.3. The van der Waals surface area contributed by atoms with Gasteiger partial charge >= 0.3 is 5.97 Å². The third-order valence-corrected chi connectivity index (χ3v) is 7.32. The van der Waals surface area contributed by atoms with Gasteiger partial charge in [0.05, 0.1) is 5.56 Å². The Hall–Kier alpha value is -2.74. The highest BCUT2D eigenvalue weighted by Gasteiger charge is 2.54. The van der Waals surface area contributed by atoms with Gasteiger partial charge in [0.2, 0.25) is 0 Å². The number of phenols is 2. The fraction of sp³-hybridized carbons (Fsp3) is 0.667. The van der Waals surface area contributed by atoms with Crippen molar-refractivity contribution in [2.75, 3.05) is 0 Å². The van der Waals surface area contributed by atoms with Gasteiger partial charge in [0.15, 0.2) is 11.9 Å². The van der Waals surface area contributed by atoms with Gasteiger partial charge in [-0.2, -0.15) is 0 Å². The van der Waals surface area contributed by atoms with Gasteiger partial charge in [0, 0.05) is 19.8 Å². The average molecular weight is 533 g/mol. The van der Waals surface area contributed by atoms with Gasteiger partial charge in [0.25, 0.3) is 11.5 Å². The molecule has 0 fully saturated rings. The van der Waals surface area contributed by atoms with E-state index in [0.29, 0.717) is 6.42 Å². The van der Waals surface area contributed by atoms with E-state index in [0.717, 1.165) is 19.3 Å². The van der Waals surface area contributed by atoms with Gasteiger partial charge in [-0.15, -0.1) is 0 Å². The molecule has 8 nitrogen and oxygen atoms in total. The van der Waals surface area contributed by atoms with Gasteiger partial charge in [-0.25, -0.2) is 4.79 Å². The number of unbranched alkanes of at least 4 members (excludes halogenated alkanes) is 12. The Morgan fingerprint density at radius 2 is 1.50 bits per heavy atom. The molecule has 2 heterocycles. The molecule has 8 heteroatoms. The monoisotopic (exact) mass is 532 g/mol. The second-order valence-corrected chi connectivity index (χ2v) is 10.7. The molecular weight excluding hydrogens is 488 g/mol. The molecule has 2 aliphatic rings. The summed E-state index contributed by atoms with van der Waals surface area (Å²) in [6.07, 6.45) is 13.7. The first-order chi connectivity index (χ1) is 18.2. The number of ketones is 1. The lowest BCUT2D eigenvalue weighted by Gasteiger charge is -2.28. The summed E-state index contributed by atoms with van der Waals surface area (Å²) < 4.78 is 16.7. The van der Waals surface area contributed by atoms with Gasteiger partial charge in [0.1, 0.15) is 23.4 Å². The van der Waals surface area contributed by atoms with E-state index in [-0.39, 0.29) is 40.8 Å². The number of aromatic hydroxyl groups is 2. The van der Waals surface area contributed by atoms with Crippen molar-refractivity contribution in [3.05, 3.63) is 35.3 Å². The second-order valence-electron chi connectivity index (χ2n) is 10.7. The maximum absolute atomic E-state index is 12.5. The number of cyclic esters (lactones) is 1. The molecule has 0 radical (unpaired) electrons. The zero-order valence-electron chi connectivity index (χ0n) is 22.9. The fourth-order valence-electron chi connectivity index (χ4n) is 5.11. The zero-order valence-corrected chi connectivity index (χ0v) is 22.9. The lowest BCUT2D eigenvalue weighted by atomic mass is 10.0. The van der Waals surface area contributed by atoms with Crippen LogP contribution in [0.3, 0.4) is 0 Å². The van der Waals surface area contributed by atoms with Crippen molar-refractivity contribution in [2.45, 2.75) is 128 Å². The number of hydrogen-bond donors (Lipinski definition) is 3. The van der Waals surface area contributed by atoms with Crippen LogP contribution in [0.25, 0.3) is 0 Å². The van der Waals surface area contributed by atoms with E-state index >= 15 is 0 Å². The molecule has 0 aromatic heterocycles. The molecule has 0 saturated carbocycles. The van der Waals surface area contributed by atoms with Crippen molar-refractivity contribution >= 4 is 11.8 Å². The van der Waals surface area contributed by atoms with Crippen molar-refractivity contribution < 1.29 is 39.1 Å². The van der Waals surface area contributed by atoms with Crippen LogP contribution < -0.4 is 0 Å². The zero-order chi connectivity index (χ0) is 27.5. The summed E-state index contributed by atoms with van der Waals surface area (Å²) in [5, 5.41) is 30.7. The van der Waals surface area contributed by atoms with Crippen LogP contribution in [0.5, 0.6) is 11.5 Å². The second kappa shape index (κ2) is 14.4. The molecule has 0 bridgehead atoms. The Labute approximate surface area is 226 Å². The molecule has 212 valence electrons. The van der Waals surface area contributed by atoms with Gasteiger partial charge in [-0.1, -0.05) is 84.0 Å². The van der Waals surface area contributed by atoms with Crippen molar-refractivity contribution in [3.8, 4) is 11.5 Å². The normalized spacial score (nSPS) is 21.1. The molecule has 38 heavy (non-hydrogen) atoms. The Morgan fingerprint density at radius 1 is 0.921 bits per heavy atom. The molecule has 1 aromatic carbocycles. The first-order valence-corrected chi connectivity index (χ1v) is 14.3. The van der Waals surface area contributed by atoms with E-state index in [4.69, 9.17) is 14.2 Å². The van der Waals surface area contributed by atoms with E-state index in [1.54, 1.807) is 0 Å². The van der Waals surface area contributed by atoms with E-state index in [1.807, 2.05) is 0 Å². The van der Waals surface area contributed by atoms with E-state index < -0.39 is 24.0 Å². The van der Waals surface area contributed by atoms with Crippen molar-refractivity contribution in [1.82, 2.24) is 0 Å². The highest BCUT2D eigenvalue weighted by Crippen LogP contribution is 2.47. The Morgan fingerprint density at radius 3 is 2.11 bits per heavy atom. The smallest absolute Gasteiger partial charge is 0.378 e. The number of aliphatic hydroxyl groups excluding tert-OH is 1. The molecule has 3 atom stereocenters. The molecular formula is C30H44O8. The Bertz CT molecular complexity index is 971. The third-order valence-electron chi connectivity index (χ3n) is 7.32. The minimum Gasteiger partial charge on any atom is -0.508 e. The highest BCUT2D eigenvalue weighted by molar-refractivity contribution is 5.90. The number of Topliss-reactive ketones (excluding diaryl/α,β-unsaturated/α-hetero) is 1. The summed E-state index contributed by atoms with van der Waals surface area (Å²) >= 11 is 0. The topological polar surface area (TPSA) is 123 Å². The molecule has 0 spiro atoms. The van der Waals surface area contributed by atoms with Gasteiger partial charge < -0.3 is 29.5 Å². The summed E-state index contributed by atoms with van der Waals surface area (Å²) in [7, 11) is 0. The van der Waals surface area contributed by atoms with Crippen LogP contribution in [-0.4, -0.2) is 39.3 Å². The summed E-state index contributed by atoms with van der Waals surface area (Å²) in [5.74, 6) is -3.02.